The Balaban J connectivity index is 1.80. The first-order chi connectivity index (χ1) is 8.74. The Morgan fingerprint density at radius 2 is 2.28 bits per heavy atom. The van der Waals surface area contributed by atoms with Crippen LogP contribution in [0.2, 0.25) is 0 Å². The van der Waals surface area contributed by atoms with Crippen molar-refractivity contribution >= 4 is 16.8 Å². The number of rotatable bonds is 3. The Kier molecular flexibility index (Phi) is 2.92. The summed E-state index contributed by atoms with van der Waals surface area (Å²) in [5, 5.41) is 0.926. The summed E-state index contributed by atoms with van der Waals surface area (Å²) in [5.74, 6) is 0.868. The average molecular weight is 243 g/mol. The topological polar surface area (TPSA) is 33.5 Å². The van der Waals surface area contributed by atoms with Crippen molar-refractivity contribution in [3.8, 4) is 0 Å². The van der Waals surface area contributed by atoms with Gasteiger partial charge in [0.25, 0.3) is 0 Å². The van der Waals surface area contributed by atoms with Gasteiger partial charge in [-0.15, -0.1) is 0 Å². The quantitative estimate of drug-likeness (QED) is 0.777. The minimum Gasteiger partial charge on any atom is -0.464 e. The fraction of sp³-hybridized carbons (Fsp3) is 0.400. The fourth-order valence-electron chi connectivity index (χ4n) is 2.65. The summed E-state index contributed by atoms with van der Waals surface area (Å²) in [6.45, 7) is 4.80. The number of fused-ring (bicyclic) bond motifs is 1. The van der Waals surface area contributed by atoms with Crippen LogP contribution >= 0.6 is 0 Å². The van der Waals surface area contributed by atoms with Crippen LogP contribution in [-0.2, 0) is 0 Å². The Hall–Kier alpha value is -1.61. The lowest BCUT2D eigenvalue weighted by Gasteiger charge is -2.13. The lowest BCUT2D eigenvalue weighted by Crippen LogP contribution is -2.27. The predicted molar refractivity (Wildman–Crippen MR) is 70.8 cm³/mol. The van der Waals surface area contributed by atoms with Crippen molar-refractivity contribution in [1.82, 2.24) is 4.90 Å². The van der Waals surface area contributed by atoms with Crippen molar-refractivity contribution in [2.75, 3.05) is 19.6 Å². The van der Waals surface area contributed by atoms with Gasteiger partial charge in [0.1, 0.15) is 11.8 Å². The highest BCUT2D eigenvalue weighted by Gasteiger charge is 2.22. The second-order valence-corrected chi connectivity index (χ2v) is 5.20. The second kappa shape index (κ2) is 4.58. The van der Waals surface area contributed by atoms with E-state index in [-0.39, 0.29) is 5.78 Å². The van der Waals surface area contributed by atoms with Gasteiger partial charge in [0.2, 0.25) is 0 Å². The first kappa shape index (κ1) is 11.5. The summed E-state index contributed by atoms with van der Waals surface area (Å²) in [5.41, 5.74) is 1.50. The average Bonchev–Trinajstić information content (AvgIpc) is 2.95. The van der Waals surface area contributed by atoms with E-state index in [0.29, 0.717) is 18.0 Å². The number of para-hydroxylation sites is 1. The molecule has 18 heavy (non-hydrogen) atoms. The number of likely N-dealkylation sites (tertiary alicyclic amines) is 1. The van der Waals surface area contributed by atoms with Crippen LogP contribution in [0.3, 0.4) is 0 Å². The highest BCUT2D eigenvalue weighted by atomic mass is 16.3. The van der Waals surface area contributed by atoms with Gasteiger partial charge >= 0.3 is 0 Å². The van der Waals surface area contributed by atoms with Gasteiger partial charge in [-0.2, -0.15) is 0 Å². The van der Waals surface area contributed by atoms with Crippen molar-refractivity contribution < 1.29 is 9.21 Å². The number of hydrogen-bond donors (Lipinski definition) is 0. The zero-order valence-corrected chi connectivity index (χ0v) is 10.6. The van der Waals surface area contributed by atoms with Crippen LogP contribution in [0.15, 0.2) is 34.9 Å². The van der Waals surface area contributed by atoms with E-state index in [4.69, 9.17) is 4.42 Å². The Morgan fingerprint density at radius 1 is 1.44 bits per heavy atom. The molecule has 2 heterocycles. The fourth-order valence-corrected chi connectivity index (χ4v) is 2.65. The zero-order valence-electron chi connectivity index (χ0n) is 10.6. The van der Waals surface area contributed by atoms with Crippen molar-refractivity contribution in [3.63, 3.8) is 0 Å². The summed E-state index contributed by atoms with van der Waals surface area (Å²) in [6.07, 6.45) is 2.78. The monoisotopic (exact) mass is 243 g/mol. The van der Waals surface area contributed by atoms with Crippen LogP contribution in [-0.4, -0.2) is 30.3 Å². The maximum atomic E-state index is 12.3. The highest BCUT2D eigenvalue weighted by molar-refractivity contribution is 6.08. The first-order valence-corrected chi connectivity index (χ1v) is 6.46. The van der Waals surface area contributed by atoms with Crippen molar-refractivity contribution in [1.29, 1.82) is 0 Å². The third-order valence-electron chi connectivity index (χ3n) is 3.66. The number of Topliss-reactive ketones (excluding diaryl/α,β-unsaturated/α-hetero) is 1. The molecule has 1 saturated heterocycles. The third-order valence-corrected chi connectivity index (χ3v) is 3.66. The van der Waals surface area contributed by atoms with E-state index >= 15 is 0 Å². The van der Waals surface area contributed by atoms with E-state index in [9.17, 15) is 4.79 Å². The molecule has 1 fully saturated rings. The normalized spacial score (nSPS) is 20.6. The zero-order chi connectivity index (χ0) is 12.5. The van der Waals surface area contributed by atoms with Crippen LogP contribution in [0.4, 0.5) is 0 Å². The van der Waals surface area contributed by atoms with E-state index in [1.807, 2.05) is 24.3 Å². The van der Waals surface area contributed by atoms with Crippen LogP contribution in [0.5, 0.6) is 0 Å². The summed E-state index contributed by atoms with van der Waals surface area (Å²) in [6, 6.07) is 7.69. The van der Waals surface area contributed by atoms with E-state index in [0.717, 1.165) is 24.1 Å². The van der Waals surface area contributed by atoms with Gasteiger partial charge in [0.05, 0.1) is 12.1 Å². The van der Waals surface area contributed by atoms with Crippen LogP contribution in [0, 0.1) is 5.92 Å². The van der Waals surface area contributed by atoms with Gasteiger partial charge < -0.3 is 4.42 Å². The number of hydrogen-bond acceptors (Lipinski definition) is 3. The molecule has 1 unspecified atom stereocenters. The van der Waals surface area contributed by atoms with Crippen LogP contribution in [0.25, 0.3) is 11.0 Å². The predicted octanol–water partition coefficient (Wildman–Crippen LogP) is 2.96. The van der Waals surface area contributed by atoms with E-state index in [1.165, 1.54) is 6.42 Å². The maximum Gasteiger partial charge on any atom is 0.180 e. The Bertz CT molecular complexity index is 573. The molecule has 1 aromatic carbocycles. The molecule has 1 aliphatic rings. The standard InChI is InChI=1S/C15H17NO2/c1-11-6-7-16(8-11)9-14(17)13-10-18-15-5-3-2-4-12(13)15/h2-5,10-11H,6-9H2,1H3. The minimum absolute atomic E-state index is 0.161. The molecular formula is C15H17NO2. The van der Waals surface area contributed by atoms with Gasteiger partial charge in [-0.3, -0.25) is 9.69 Å². The molecule has 3 rings (SSSR count). The molecule has 0 spiro atoms. The lowest BCUT2D eigenvalue weighted by molar-refractivity contribution is 0.0944. The SMILES string of the molecule is CC1CCN(CC(=O)c2coc3ccccc23)C1. The molecule has 1 aliphatic heterocycles. The summed E-state index contributed by atoms with van der Waals surface area (Å²) >= 11 is 0. The largest absolute Gasteiger partial charge is 0.464 e. The molecule has 2 aromatic rings. The molecule has 0 amide bonds. The van der Waals surface area contributed by atoms with Gasteiger partial charge in [-0.05, 0) is 24.9 Å². The van der Waals surface area contributed by atoms with Crippen LogP contribution in [0.1, 0.15) is 23.7 Å². The van der Waals surface area contributed by atoms with E-state index < -0.39 is 0 Å². The first-order valence-electron chi connectivity index (χ1n) is 6.46. The van der Waals surface area contributed by atoms with Crippen LogP contribution < -0.4 is 0 Å². The van der Waals surface area contributed by atoms with Gasteiger partial charge in [0.15, 0.2) is 5.78 Å². The molecule has 1 atom stereocenters. The molecule has 3 nitrogen and oxygen atoms in total. The number of furan rings is 1. The number of carbonyl (C=O) groups is 1. The molecule has 0 radical (unpaired) electrons. The molecule has 0 bridgehead atoms. The minimum atomic E-state index is 0.161. The van der Waals surface area contributed by atoms with Crippen molar-refractivity contribution in [2.45, 2.75) is 13.3 Å². The number of benzene rings is 1. The Labute approximate surface area is 106 Å². The summed E-state index contributed by atoms with van der Waals surface area (Å²) < 4.78 is 5.42. The molecule has 0 aliphatic carbocycles. The van der Waals surface area contributed by atoms with E-state index in [1.54, 1.807) is 6.26 Å². The van der Waals surface area contributed by atoms with E-state index in [2.05, 4.69) is 11.8 Å². The molecule has 3 heteroatoms. The lowest BCUT2D eigenvalue weighted by atomic mass is 10.1. The van der Waals surface area contributed by atoms with Crippen molar-refractivity contribution in [2.24, 2.45) is 5.92 Å². The molecule has 0 N–H and O–H groups in total. The van der Waals surface area contributed by atoms with Gasteiger partial charge in [-0.25, -0.2) is 0 Å². The third kappa shape index (κ3) is 2.06. The molecule has 1 aromatic heterocycles. The smallest absolute Gasteiger partial charge is 0.180 e. The highest BCUT2D eigenvalue weighted by Crippen LogP contribution is 2.22. The summed E-state index contributed by atoms with van der Waals surface area (Å²) in [4.78, 5) is 14.5. The summed E-state index contributed by atoms with van der Waals surface area (Å²) in [7, 11) is 0. The van der Waals surface area contributed by atoms with Crippen molar-refractivity contribution in [3.05, 3.63) is 36.1 Å². The van der Waals surface area contributed by atoms with Gasteiger partial charge in [0, 0.05) is 11.9 Å². The number of nitrogens with zero attached hydrogens (tertiary/aromatic N) is 1. The van der Waals surface area contributed by atoms with Gasteiger partial charge in [-0.1, -0.05) is 25.1 Å². The molecular weight excluding hydrogens is 226 g/mol. The Morgan fingerprint density at radius 3 is 3.06 bits per heavy atom. The second-order valence-electron chi connectivity index (χ2n) is 5.20. The maximum absolute atomic E-state index is 12.3. The number of carbonyl (C=O) groups excluding carboxylic acids is 1. The number of ketones is 1. The molecule has 94 valence electrons. The molecule has 0 saturated carbocycles.